The highest BCUT2D eigenvalue weighted by atomic mass is 16.5. The third kappa shape index (κ3) is 3.91. The van der Waals surface area contributed by atoms with E-state index in [-0.39, 0.29) is 35.7 Å². The van der Waals surface area contributed by atoms with Crippen LogP contribution in [0.25, 0.3) is 0 Å². The van der Waals surface area contributed by atoms with Crippen LogP contribution >= 0.6 is 0 Å². The number of carbonyl (C=O) groups is 1. The summed E-state index contributed by atoms with van der Waals surface area (Å²) < 4.78 is 11.6. The molecule has 2 heterocycles. The molecular formula is C25H33N3O4. The Labute approximate surface area is 189 Å². The number of aryl methyl sites for hydroxylation is 1. The van der Waals surface area contributed by atoms with Crippen molar-refractivity contribution in [2.24, 2.45) is 5.92 Å². The molecule has 7 heteroatoms. The summed E-state index contributed by atoms with van der Waals surface area (Å²) in [5, 5.41) is 10.6. The summed E-state index contributed by atoms with van der Waals surface area (Å²) in [5.74, 6) is 1.62. The van der Waals surface area contributed by atoms with Gasteiger partial charge in [0.2, 0.25) is 5.91 Å². The number of amides is 1. The average Bonchev–Trinajstić information content (AvgIpc) is 3.31. The minimum absolute atomic E-state index is 0.0795. The van der Waals surface area contributed by atoms with Gasteiger partial charge >= 0.3 is 0 Å². The summed E-state index contributed by atoms with van der Waals surface area (Å²) in [6, 6.07) is 10.8. The Morgan fingerprint density at radius 3 is 2.41 bits per heavy atom. The van der Waals surface area contributed by atoms with Crippen molar-refractivity contribution in [1.29, 1.82) is 0 Å². The number of likely N-dealkylation sites (tertiary alicyclic amines) is 1. The van der Waals surface area contributed by atoms with Gasteiger partial charge in [0.05, 0.1) is 25.3 Å². The molecule has 0 aliphatic carbocycles. The van der Waals surface area contributed by atoms with Crippen molar-refractivity contribution in [2.75, 3.05) is 19.8 Å². The number of aromatic hydroxyl groups is 1. The van der Waals surface area contributed by atoms with Crippen molar-refractivity contribution in [3.63, 3.8) is 0 Å². The molecule has 1 amide bonds. The molecular weight excluding hydrogens is 406 g/mol. The van der Waals surface area contributed by atoms with Gasteiger partial charge < -0.3 is 19.5 Å². The molecule has 7 nitrogen and oxygen atoms in total. The second-order valence-electron chi connectivity index (χ2n) is 8.43. The normalized spacial score (nSPS) is 24.6. The third-order valence-electron chi connectivity index (χ3n) is 6.31. The van der Waals surface area contributed by atoms with Crippen LogP contribution in [-0.4, -0.2) is 41.7 Å². The van der Waals surface area contributed by atoms with Gasteiger partial charge in [0, 0.05) is 18.0 Å². The van der Waals surface area contributed by atoms with Crippen LogP contribution in [0.1, 0.15) is 56.0 Å². The minimum atomic E-state index is -0.362. The van der Waals surface area contributed by atoms with Crippen molar-refractivity contribution in [3.8, 4) is 17.2 Å². The van der Waals surface area contributed by atoms with Gasteiger partial charge in [0.25, 0.3) is 0 Å². The van der Waals surface area contributed by atoms with E-state index >= 15 is 0 Å². The molecule has 2 saturated heterocycles. The lowest BCUT2D eigenvalue weighted by Gasteiger charge is -2.31. The van der Waals surface area contributed by atoms with Crippen LogP contribution in [0.15, 0.2) is 36.4 Å². The molecule has 4 rings (SSSR count). The maximum atomic E-state index is 13.4. The zero-order valence-corrected chi connectivity index (χ0v) is 19.2. The van der Waals surface area contributed by atoms with Crippen molar-refractivity contribution in [3.05, 3.63) is 53.1 Å². The summed E-state index contributed by atoms with van der Waals surface area (Å²) >= 11 is 0. The fraction of sp³-hybridized carbons (Fsp3) is 0.480. The van der Waals surface area contributed by atoms with Crippen LogP contribution in [0.3, 0.4) is 0 Å². The maximum Gasteiger partial charge on any atom is 0.242 e. The van der Waals surface area contributed by atoms with Crippen LogP contribution < -0.4 is 20.3 Å². The predicted molar refractivity (Wildman–Crippen MR) is 123 cm³/mol. The highest BCUT2D eigenvalue weighted by molar-refractivity contribution is 5.86. The lowest BCUT2D eigenvalue weighted by atomic mass is 9.82. The van der Waals surface area contributed by atoms with Crippen molar-refractivity contribution in [2.45, 2.75) is 52.2 Å². The number of fused-ring (bicyclic) bond motifs is 1. The highest BCUT2D eigenvalue weighted by Crippen LogP contribution is 2.49. The zero-order valence-electron chi connectivity index (χ0n) is 19.2. The molecule has 2 fully saturated rings. The second-order valence-corrected chi connectivity index (χ2v) is 8.43. The molecule has 0 aromatic heterocycles. The molecule has 0 radical (unpaired) electrons. The van der Waals surface area contributed by atoms with Crippen LogP contribution in [-0.2, 0) is 4.79 Å². The molecule has 4 unspecified atom stereocenters. The summed E-state index contributed by atoms with van der Waals surface area (Å²) in [7, 11) is 0. The van der Waals surface area contributed by atoms with Crippen molar-refractivity contribution < 1.29 is 19.4 Å². The Kier molecular flexibility index (Phi) is 6.58. The molecule has 2 aromatic carbocycles. The van der Waals surface area contributed by atoms with E-state index in [9.17, 15) is 9.90 Å². The number of benzene rings is 2. The average molecular weight is 440 g/mol. The first-order chi connectivity index (χ1) is 15.5. The Morgan fingerprint density at radius 2 is 1.69 bits per heavy atom. The van der Waals surface area contributed by atoms with Gasteiger partial charge in [-0.15, -0.1) is 0 Å². The number of carbonyl (C=O) groups excluding carboxylic acids is 1. The molecule has 2 aliphatic heterocycles. The fourth-order valence-electron chi connectivity index (χ4n) is 5.03. The lowest BCUT2D eigenvalue weighted by Crippen LogP contribution is -2.41. The van der Waals surface area contributed by atoms with Gasteiger partial charge in [-0.05, 0) is 51.0 Å². The number of nitrogens with one attached hydrogen (secondary N) is 2. The Morgan fingerprint density at radius 1 is 0.969 bits per heavy atom. The lowest BCUT2D eigenvalue weighted by molar-refractivity contribution is -0.130. The smallest absolute Gasteiger partial charge is 0.242 e. The van der Waals surface area contributed by atoms with Crippen LogP contribution in [0.5, 0.6) is 17.2 Å². The minimum Gasteiger partial charge on any atom is -0.508 e. The van der Waals surface area contributed by atoms with E-state index in [0.29, 0.717) is 31.3 Å². The van der Waals surface area contributed by atoms with E-state index in [1.54, 1.807) is 6.07 Å². The van der Waals surface area contributed by atoms with E-state index in [1.165, 1.54) is 0 Å². The number of phenols is 1. The summed E-state index contributed by atoms with van der Waals surface area (Å²) in [4.78, 5) is 15.3. The van der Waals surface area contributed by atoms with E-state index in [0.717, 1.165) is 23.1 Å². The molecule has 0 bridgehead atoms. The Balaban J connectivity index is 1.79. The SMILES string of the molecule is CCCN1C(=O)C2NNC(c3cc(C)ccc3O)C2C1c1ccc(OCC)c(OCC)c1. The molecule has 0 spiro atoms. The van der Waals surface area contributed by atoms with Gasteiger partial charge in [0.15, 0.2) is 11.5 Å². The van der Waals surface area contributed by atoms with Gasteiger partial charge in [-0.1, -0.05) is 30.7 Å². The van der Waals surface area contributed by atoms with Crippen molar-refractivity contribution in [1.82, 2.24) is 15.8 Å². The molecule has 2 aliphatic rings. The largest absolute Gasteiger partial charge is 0.508 e. The zero-order chi connectivity index (χ0) is 22.8. The molecule has 2 aromatic rings. The van der Waals surface area contributed by atoms with Gasteiger partial charge in [-0.2, -0.15) is 0 Å². The van der Waals surface area contributed by atoms with E-state index in [4.69, 9.17) is 9.47 Å². The molecule has 0 saturated carbocycles. The monoisotopic (exact) mass is 439 g/mol. The second kappa shape index (κ2) is 9.38. The number of hydrazine groups is 1. The highest BCUT2D eigenvalue weighted by Gasteiger charge is 2.55. The van der Waals surface area contributed by atoms with Crippen LogP contribution in [0.4, 0.5) is 0 Å². The molecule has 4 atom stereocenters. The maximum absolute atomic E-state index is 13.4. The quantitative estimate of drug-likeness (QED) is 0.583. The fourth-order valence-corrected chi connectivity index (χ4v) is 5.03. The number of nitrogens with zero attached hydrogens (tertiary/aromatic N) is 1. The summed E-state index contributed by atoms with van der Waals surface area (Å²) in [6.07, 6.45) is 0.866. The summed E-state index contributed by atoms with van der Waals surface area (Å²) in [6.45, 7) is 9.73. The first kappa shape index (κ1) is 22.4. The number of hydrogen-bond acceptors (Lipinski definition) is 6. The van der Waals surface area contributed by atoms with Crippen LogP contribution in [0, 0.1) is 12.8 Å². The molecule has 32 heavy (non-hydrogen) atoms. The molecule has 172 valence electrons. The Bertz CT molecular complexity index is 980. The third-order valence-corrected chi connectivity index (χ3v) is 6.31. The van der Waals surface area contributed by atoms with Gasteiger partial charge in [-0.3, -0.25) is 4.79 Å². The number of hydrogen-bond donors (Lipinski definition) is 3. The first-order valence-electron chi connectivity index (χ1n) is 11.5. The number of phenolic OH excluding ortho intramolecular Hbond substituents is 1. The standard InChI is InChI=1S/C25H33N3O4/c1-5-12-28-24(16-9-11-19(31-6-2)20(14-16)32-7-3)21-22(26-27-23(21)25(28)30)17-13-15(4)8-10-18(17)29/h8-11,13-14,21-24,26-27,29H,5-7,12H2,1-4H3. The number of rotatable bonds is 8. The predicted octanol–water partition coefficient (Wildman–Crippen LogP) is 3.63. The van der Waals surface area contributed by atoms with Gasteiger partial charge in [-0.25, -0.2) is 10.9 Å². The van der Waals surface area contributed by atoms with Crippen LogP contribution in [0.2, 0.25) is 0 Å². The number of ether oxygens (including phenoxy) is 2. The topological polar surface area (TPSA) is 83.1 Å². The van der Waals surface area contributed by atoms with Crippen molar-refractivity contribution >= 4 is 5.91 Å². The molecule has 3 N–H and O–H groups in total. The first-order valence-corrected chi connectivity index (χ1v) is 11.5. The van der Waals surface area contributed by atoms with E-state index in [1.807, 2.05) is 56.0 Å². The summed E-state index contributed by atoms with van der Waals surface area (Å²) in [5.41, 5.74) is 9.38. The van der Waals surface area contributed by atoms with Gasteiger partial charge in [0.1, 0.15) is 11.8 Å². The Hall–Kier alpha value is -2.77. The van der Waals surface area contributed by atoms with E-state index in [2.05, 4.69) is 17.8 Å². The van der Waals surface area contributed by atoms with E-state index < -0.39 is 0 Å².